The zero-order valence-corrected chi connectivity index (χ0v) is 14.1. The molecule has 2 unspecified atom stereocenters. The molecule has 1 saturated heterocycles. The van der Waals surface area contributed by atoms with Crippen molar-refractivity contribution in [3.05, 3.63) is 0 Å². The zero-order valence-electron chi connectivity index (χ0n) is 14.1. The summed E-state index contributed by atoms with van der Waals surface area (Å²) in [5, 5.41) is 0. The normalized spacial score (nSPS) is 26.5. The molecule has 1 saturated carbocycles. The summed E-state index contributed by atoms with van der Waals surface area (Å²) in [5.41, 5.74) is 5.79. The van der Waals surface area contributed by atoms with Crippen LogP contribution in [0.3, 0.4) is 0 Å². The molecular formula is C18H34N2O. The highest BCUT2D eigenvalue weighted by molar-refractivity contribution is 5.83. The van der Waals surface area contributed by atoms with Crippen LogP contribution in [-0.4, -0.2) is 30.4 Å². The largest absolute Gasteiger partial charge is 0.342 e. The van der Waals surface area contributed by atoms with E-state index in [1.54, 1.807) is 0 Å². The molecule has 0 aromatic rings. The molecule has 0 aromatic carbocycles. The molecule has 1 aliphatic carbocycles. The number of piperidine rings is 1. The summed E-state index contributed by atoms with van der Waals surface area (Å²) in [4.78, 5) is 15.3. The van der Waals surface area contributed by atoms with Crippen molar-refractivity contribution in [2.24, 2.45) is 23.0 Å². The molecule has 21 heavy (non-hydrogen) atoms. The lowest BCUT2D eigenvalue weighted by Gasteiger charge is -2.45. The second kappa shape index (κ2) is 7.62. The maximum Gasteiger partial charge on any atom is 0.230 e. The van der Waals surface area contributed by atoms with Gasteiger partial charge in [-0.1, -0.05) is 46.0 Å². The Labute approximate surface area is 130 Å². The lowest BCUT2D eigenvalue weighted by Crippen LogP contribution is -2.53. The molecule has 1 amide bonds. The number of fused-ring (bicyclic) bond motifs is 1. The number of amides is 1. The molecule has 2 atom stereocenters. The second-order valence-electron chi connectivity index (χ2n) is 7.33. The van der Waals surface area contributed by atoms with Gasteiger partial charge in [-0.3, -0.25) is 4.79 Å². The topological polar surface area (TPSA) is 46.3 Å². The van der Waals surface area contributed by atoms with E-state index in [0.29, 0.717) is 12.5 Å². The van der Waals surface area contributed by atoms with Crippen LogP contribution in [0.15, 0.2) is 0 Å². The van der Waals surface area contributed by atoms with Gasteiger partial charge in [-0.15, -0.1) is 0 Å². The highest BCUT2D eigenvalue weighted by Crippen LogP contribution is 2.39. The summed E-state index contributed by atoms with van der Waals surface area (Å²) in [7, 11) is 0. The molecule has 0 radical (unpaired) electrons. The van der Waals surface area contributed by atoms with Gasteiger partial charge in [0.25, 0.3) is 0 Å². The minimum Gasteiger partial charge on any atom is -0.342 e. The van der Waals surface area contributed by atoms with Crippen LogP contribution in [0, 0.1) is 17.3 Å². The van der Waals surface area contributed by atoms with Crippen LogP contribution in [0.5, 0.6) is 0 Å². The van der Waals surface area contributed by atoms with Gasteiger partial charge < -0.3 is 10.6 Å². The SMILES string of the molecule is CCCC(CN)(CCC)C(=O)N1CCC2CCCCC2C1. The molecule has 0 spiro atoms. The predicted octanol–water partition coefficient (Wildman–Crippen LogP) is 3.57. The quantitative estimate of drug-likeness (QED) is 0.814. The third-order valence-corrected chi connectivity index (χ3v) is 5.88. The van der Waals surface area contributed by atoms with E-state index in [9.17, 15) is 4.79 Å². The van der Waals surface area contributed by atoms with E-state index in [1.807, 2.05) is 0 Å². The van der Waals surface area contributed by atoms with Crippen LogP contribution < -0.4 is 5.73 Å². The Morgan fingerprint density at radius 3 is 2.29 bits per heavy atom. The summed E-state index contributed by atoms with van der Waals surface area (Å²) in [6, 6.07) is 0. The van der Waals surface area contributed by atoms with Crippen LogP contribution in [-0.2, 0) is 4.79 Å². The Morgan fingerprint density at radius 2 is 1.71 bits per heavy atom. The molecule has 1 heterocycles. The molecule has 122 valence electrons. The number of carbonyl (C=O) groups excluding carboxylic acids is 1. The van der Waals surface area contributed by atoms with Crippen LogP contribution in [0.2, 0.25) is 0 Å². The van der Waals surface area contributed by atoms with E-state index in [-0.39, 0.29) is 5.41 Å². The van der Waals surface area contributed by atoms with Gasteiger partial charge in [-0.2, -0.15) is 0 Å². The number of hydrogen-bond acceptors (Lipinski definition) is 2. The van der Waals surface area contributed by atoms with Gasteiger partial charge in [0, 0.05) is 19.6 Å². The molecule has 1 aliphatic heterocycles. The fraction of sp³-hybridized carbons (Fsp3) is 0.944. The van der Waals surface area contributed by atoms with Gasteiger partial charge in [0.2, 0.25) is 5.91 Å². The summed E-state index contributed by atoms with van der Waals surface area (Å²) in [6.07, 6.45) is 10.7. The first-order chi connectivity index (χ1) is 10.2. The predicted molar refractivity (Wildman–Crippen MR) is 87.9 cm³/mol. The second-order valence-corrected chi connectivity index (χ2v) is 7.33. The maximum atomic E-state index is 13.2. The molecule has 2 fully saturated rings. The van der Waals surface area contributed by atoms with E-state index < -0.39 is 0 Å². The van der Waals surface area contributed by atoms with Crippen molar-refractivity contribution < 1.29 is 4.79 Å². The van der Waals surface area contributed by atoms with Crippen molar-refractivity contribution in [3.63, 3.8) is 0 Å². The van der Waals surface area contributed by atoms with Crippen molar-refractivity contribution in [1.82, 2.24) is 4.90 Å². The maximum absolute atomic E-state index is 13.2. The molecule has 3 heteroatoms. The van der Waals surface area contributed by atoms with Crippen molar-refractivity contribution in [2.75, 3.05) is 19.6 Å². The third-order valence-electron chi connectivity index (χ3n) is 5.88. The van der Waals surface area contributed by atoms with Gasteiger partial charge in [-0.25, -0.2) is 0 Å². The number of likely N-dealkylation sites (tertiary alicyclic amines) is 1. The first-order valence-corrected chi connectivity index (χ1v) is 9.16. The van der Waals surface area contributed by atoms with Gasteiger partial charge >= 0.3 is 0 Å². The molecule has 2 rings (SSSR count). The summed E-state index contributed by atoms with van der Waals surface area (Å²) in [5.74, 6) is 2.00. The molecule has 0 aromatic heterocycles. The Bertz CT molecular complexity index is 336. The Hall–Kier alpha value is -0.570. The smallest absolute Gasteiger partial charge is 0.230 e. The number of hydrogen-bond donors (Lipinski definition) is 1. The molecule has 2 aliphatic rings. The van der Waals surface area contributed by atoms with Crippen LogP contribution >= 0.6 is 0 Å². The third kappa shape index (κ3) is 3.61. The summed E-state index contributed by atoms with van der Waals surface area (Å²) in [6.45, 7) is 6.81. The number of carbonyl (C=O) groups is 1. The molecule has 3 nitrogen and oxygen atoms in total. The van der Waals surface area contributed by atoms with Gasteiger partial charge in [0.15, 0.2) is 0 Å². The highest BCUT2D eigenvalue weighted by atomic mass is 16.2. The lowest BCUT2D eigenvalue weighted by atomic mass is 9.73. The minimum atomic E-state index is -0.287. The average molecular weight is 294 g/mol. The Balaban J connectivity index is 2.06. The van der Waals surface area contributed by atoms with Crippen LogP contribution in [0.4, 0.5) is 0 Å². The van der Waals surface area contributed by atoms with Crippen LogP contribution in [0.1, 0.15) is 71.6 Å². The number of nitrogens with two attached hydrogens (primary N) is 1. The Morgan fingerprint density at radius 1 is 1.10 bits per heavy atom. The Kier molecular flexibility index (Phi) is 6.09. The lowest BCUT2D eigenvalue weighted by molar-refractivity contribution is -0.146. The van der Waals surface area contributed by atoms with Crippen molar-refractivity contribution in [1.29, 1.82) is 0 Å². The highest BCUT2D eigenvalue weighted by Gasteiger charge is 2.41. The van der Waals surface area contributed by atoms with E-state index >= 15 is 0 Å². The van der Waals surface area contributed by atoms with Gasteiger partial charge in [0.1, 0.15) is 0 Å². The van der Waals surface area contributed by atoms with E-state index in [2.05, 4.69) is 18.7 Å². The first-order valence-electron chi connectivity index (χ1n) is 9.16. The molecular weight excluding hydrogens is 260 g/mol. The van der Waals surface area contributed by atoms with Crippen molar-refractivity contribution in [3.8, 4) is 0 Å². The minimum absolute atomic E-state index is 0.287. The standard InChI is InChI=1S/C18H34N2O/c1-3-10-18(14-19,11-4-2)17(21)20-12-9-15-7-5-6-8-16(15)13-20/h15-16H,3-14,19H2,1-2H3. The van der Waals surface area contributed by atoms with Crippen molar-refractivity contribution >= 4 is 5.91 Å². The van der Waals surface area contributed by atoms with Crippen molar-refractivity contribution in [2.45, 2.75) is 71.6 Å². The summed E-state index contributed by atoms with van der Waals surface area (Å²) < 4.78 is 0. The molecule has 0 bridgehead atoms. The average Bonchev–Trinajstić information content (AvgIpc) is 2.53. The number of nitrogens with zero attached hydrogens (tertiary/aromatic N) is 1. The van der Waals surface area contributed by atoms with Gasteiger partial charge in [0.05, 0.1) is 5.41 Å². The fourth-order valence-electron chi connectivity index (χ4n) is 4.71. The van der Waals surface area contributed by atoms with E-state index in [4.69, 9.17) is 5.73 Å². The molecule has 2 N–H and O–H groups in total. The van der Waals surface area contributed by atoms with Gasteiger partial charge in [-0.05, 0) is 37.5 Å². The summed E-state index contributed by atoms with van der Waals surface area (Å²) >= 11 is 0. The fourth-order valence-corrected chi connectivity index (χ4v) is 4.71. The van der Waals surface area contributed by atoms with E-state index in [1.165, 1.54) is 32.1 Å². The first kappa shape index (κ1) is 16.8. The monoisotopic (exact) mass is 294 g/mol. The zero-order chi connectivity index (χ0) is 15.3. The van der Waals surface area contributed by atoms with E-state index in [0.717, 1.165) is 50.6 Å². The number of rotatable bonds is 6. The van der Waals surface area contributed by atoms with Crippen LogP contribution in [0.25, 0.3) is 0 Å².